The molecule has 3 rings (SSSR count). The molecule has 3 atom stereocenters. The van der Waals surface area contributed by atoms with Gasteiger partial charge in [-0.2, -0.15) is 0 Å². The number of morpholine rings is 1. The molecular weight excluding hydrogens is 410 g/mol. The number of aliphatic hydroxyl groups is 1. The summed E-state index contributed by atoms with van der Waals surface area (Å²) in [6, 6.07) is 4.88. The van der Waals surface area contributed by atoms with Gasteiger partial charge in [0.15, 0.2) is 0 Å². The number of amides is 2. The summed E-state index contributed by atoms with van der Waals surface area (Å²) in [7, 11) is 1.51. The van der Waals surface area contributed by atoms with Crippen LogP contribution in [0.5, 0.6) is 0 Å². The minimum atomic E-state index is -0.776. The van der Waals surface area contributed by atoms with E-state index in [0.717, 1.165) is 0 Å². The highest BCUT2D eigenvalue weighted by atomic mass is 35.5. The normalized spacial score (nSPS) is 19.8. The highest BCUT2D eigenvalue weighted by molar-refractivity contribution is 6.29. The molecule has 3 heterocycles. The van der Waals surface area contributed by atoms with Crippen LogP contribution < -0.4 is 5.32 Å². The summed E-state index contributed by atoms with van der Waals surface area (Å²) in [5, 5.41) is 12.7. The average molecular weight is 432 g/mol. The lowest BCUT2D eigenvalue weighted by Gasteiger charge is -2.39. The van der Waals surface area contributed by atoms with Crippen LogP contribution in [0.1, 0.15) is 29.1 Å². The second kappa shape index (κ2) is 9.29. The van der Waals surface area contributed by atoms with Gasteiger partial charge in [-0.3, -0.25) is 9.59 Å². The van der Waals surface area contributed by atoms with Crippen molar-refractivity contribution in [2.45, 2.75) is 25.2 Å². The van der Waals surface area contributed by atoms with Gasteiger partial charge in [0.25, 0.3) is 5.91 Å². The van der Waals surface area contributed by atoms with Crippen molar-refractivity contribution in [2.75, 3.05) is 20.1 Å². The molecule has 2 aromatic rings. The predicted molar refractivity (Wildman–Crippen MR) is 110 cm³/mol. The third kappa shape index (κ3) is 4.81. The summed E-state index contributed by atoms with van der Waals surface area (Å²) in [5.74, 6) is -0.602. The monoisotopic (exact) mass is 431 g/mol. The number of hydrogen-bond acceptors (Lipinski definition) is 7. The molecule has 158 valence electrons. The Morgan fingerprint density at radius 3 is 2.77 bits per heavy atom. The van der Waals surface area contributed by atoms with Crippen LogP contribution in [0.4, 0.5) is 0 Å². The minimum absolute atomic E-state index is 0.191. The van der Waals surface area contributed by atoms with Crippen LogP contribution in [0, 0.1) is 0 Å². The van der Waals surface area contributed by atoms with E-state index in [4.69, 9.17) is 16.3 Å². The molecule has 30 heavy (non-hydrogen) atoms. The van der Waals surface area contributed by atoms with Crippen LogP contribution in [0.25, 0.3) is 11.4 Å². The zero-order chi connectivity index (χ0) is 21.8. The van der Waals surface area contributed by atoms with E-state index in [1.54, 1.807) is 24.0 Å². The summed E-state index contributed by atoms with van der Waals surface area (Å²) in [4.78, 5) is 38.0. The van der Waals surface area contributed by atoms with Gasteiger partial charge in [0, 0.05) is 13.6 Å². The topological polar surface area (TPSA) is 118 Å². The summed E-state index contributed by atoms with van der Waals surface area (Å²) in [6.45, 7) is 5.66. The van der Waals surface area contributed by atoms with Crippen molar-refractivity contribution in [3.05, 3.63) is 53.6 Å². The number of aromatic nitrogens is 3. The van der Waals surface area contributed by atoms with Crippen molar-refractivity contribution >= 4 is 23.4 Å². The molecule has 2 aromatic heterocycles. The summed E-state index contributed by atoms with van der Waals surface area (Å²) >= 11 is 6.24. The lowest BCUT2D eigenvalue weighted by atomic mass is 10.0. The van der Waals surface area contributed by atoms with Crippen LogP contribution in [0.2, 0.25) is 5.15 Å². The molecule has 0 saturated carbocycles. The first-order chi connectivity index (χ1) is 14.3. The van der Waals surface area contributed by atoms with Crippen LogP contribution in [0.3, 0.4) is 0 Å². The molecule has 0 spiro atoms. The maximum absolute atomic E-state index is 12.2. The zero-order valence-corrected chi connectivity index (χ0v) is 17.3. The number of carbonyl (C=O) groups is 2. The second-order valence-corrected chi connectivity index (χ2v) is 7.21. The van der Waals surface area contributed by atoms with E-state index in [9.17, 15) is 14.7 Å². The Hall–Kier alpha value is -2.88. The van der Waals surface area contributed by atoms with Gasteiger partial charge in [0.1, 0.15) is 29.4 Å². The van der Waals surface area contributed by atoms with E-state index in [-0.39, 0.29) is 35.8 Å². The minimum Gasteiger partial charge on any atom is -0.391 e. The first kappa shape index (κ1) is 21.8. The van der Waals surface area contributed by atoms with Crippen molar-refractivity contribution < 1.29 is 19.4 Å². The smallest absolute Gasteiger partial charge is 0.269 e. The molecule has 0 bridgehead atoms. The van der Waals surface area contributed by atoms with Gasteiger partial charge in [-0.05, 0) is 36.8 Å². The van der Waals surface area contributed by atoms with Crippen LogP contribution in [-0.4, -0.2) is 69.1 Å². The highest BCUT2D eigenvalue weighted by Gasteiger charge is 2.33. The standard InChI is InChI=1S/C20H22ClN5O4/c1-4-19(28)26-8-16(11(2)27)30-17(9-26)12-5-14(25-18(21)6-12)13-7-15(20(29)22-3)24-10-23-13/h4-7,10-11,16-17,27H,1,8-9H2,2-3H3,(H,22,29)/t11-,16?,17-/m0/s1. The fourth-order valence-corrected chi connectivity index (χ4v) is 3.35. The fourth-order valence-electron chi connectivity index (χ4n) is 3.13. The number of halogens is 1. The third-order valence-corrected chi connectivity index (χ3v) is 4.92. The van der Waals surface area contributed by atoms with E-state index in [1.807, 2.05) is 0 Å². The largest absolute Gasteiger partial charge is 0.391 e. The Labute approximate surface area is 178 Å². The Bertz CT molecular complexity index is 968. The van der Waals surface area contributed by atoms with E-state index >= 15 is 0 Å². The molecule has 1 aliphatic rings. The number of nitrogens with zero attached hydrogens (tertiary/aromatic N) is 4. The Morgan fingerprint density at radius 1 is 1.33 bits per heavy atom. The van der Waals surface area contributed by atoms with Crippen LogP contribution >= 0.6 is 11.6 Å². The maximum atomic E-state index is 12.2. The van der Waals surface area contributed by atoms with Gasteiger partial charge in [0.05, 0.1) is 24.0 Å². The quantitative estimate of drug-likeness (QED) is 0.542. The molecule has 2 amide bonds. The first-order valence-corrected chi connectivity index (χ1v) is 9.67. The van der Waals surface area contributed by atoms with Crippen LogP contribution in [0.15, 0.2) is 37.2 Å². The van der Waals surface area contributed by atoms with Gasteiger partial charge < -0.3 is 20.1 Å². The highest BCUT2D eigenvalue weighted by Crippen LogP contribution is 2.30. The van der Waals surface area contributed by atoms with Gasteiger partial charge in [0.2, 0.25) is 5.91 Å². The van der Waals surface area contributed by atoms with Gasteiger partial charge in [-0.15, -0.1) is 0 Å². The maximum Gasteiger partial charge on any atom is 0.269 e. The Kier molecular flexibility index (Phi) is 6.76. The fraction of sp³-hybridized carbons (Fsp3) is 0.350. The van der Waals surface area contributed by atoms with E-state index in [2.05, 4.69) is 26.8 Å². The molecule has 0 aliphatic carbocycles. The van der Waals surface area contributed by atoms with Crippen molar-refractivity contribution in [1.82, 2.24) is 25.2 Å². The molecule has 1 saturated heterocycles. The number of aliphatic hydroxyl groups excluding tert-OH is 1. The van der Waals surface area contributed by atoms with Gasteiger partial charge in [-0.1, -0.05) is 18.2 Å². The number of rotatable bonds is 5. The van der Waals surface area contributed by atoms with E-state index in [0.29, 0.717) is 17.0 Å². The van der Waals surface area contributed by atoms with Gasteiger partial charge in [-0.25, -0.2) is 15.0 Å². The molecular formula is C20H22ClN5O4. The zero-order valence-electron chi connectivity index (χ0n) is 16.6. The molecule has 2 N–H and O–H groups in total. The predicted octanol–water partition coefficient (Wildman–Crippen LogP) is 1.39. The number of ether oxygens (including phenoxy) is 1. The molecule has 0 radical (unpaired) electrons. The van der Waals surface area contributed by atoms with Crippen molar-refractivity contribution in [2.24, 2.45) is 0 Å². The Morgan fingerprint density at radius 2 is 2.10 bits per heavy atom. The van der Waals surface area contributed by atoms with Crippen molar-refractivity contribution in [3.8, 4) is 11.4 Å². The molecule has 1 fully saturated rings. The third-order valence-electron chi connectivity index (χ3n) is 4.73. The lowest BCUT2D eigenvalue weighted by Crippen LogP contribution is -2.50. The second-order valence-electron chi connectivity index (χ2n) is 6.83. The summed E-state index contributed by atoms with van der Waals surface area (Å²) in [5.41, 5.74) is 1.69. The van der Waals surface area contributed by atoms with Crippen molar-refractivity contribution in [3.63, 3.8) is 0 Å². The van der Waals surface area contributed by atoms with E-state index in [1.165, 1.54) is 25.5 Å². The first-order valence-electron chi connectivity index (χ1n) is 9.29. The number of nitrogens with one attached hydrogen (secondary N) is 1. The lowest BCUT2D eigenvalue weighted by molar-refractivity contribution is -0.152. The molecule has 1 aliphatic heterocycles. The molecule has 1 unspecified atom stereocenters. The van der Waals surface area contributed by atoms with Gasteiger partial charge >= 0.3 is 0 Å². The van der Waals surface area contributed by atoms with Crippen LogP contribution in [-0.2, 0) is 9.53 Å². The number of pyridine rings is 1. The Balaban J connectivity index is 1.97. The number of hydrogen-bond donors (Lipinski definition) is 2. The van der Waals surface area contributed by atoms with E-state index < -0.39 is 18.3 Å². The summed E-state index contributed by atoms with van der Waals surface area (Å²) in [6.07, 6.45) is 0.617. The average Bonchev–Trinajstić information content (AvgIpc) is 2.77. The van der Waals surface area contributed by atoms with Crippen molar-refractivity contribution in [1.29, 1.82) is 0 Å². The SMILES string of the molecule is C=CC(=O)N1CC([C@H](C)O)O[C@H](c2cc(Cl)nc(-c3cc(C(=O)NC)ncn3)c2)C1. The molecule has 10 heteroatoms. The number of carbonyl (C=O) groups excluding carboxylic acids is 2. The summed E-state index contributed by atoms with van der Waals surface area (Å²) < 4.78 is 6.02. The molecule has 0 aromatic carbocycles. The molecule has 9 nitrogen and oxygen atoms in total.